The first kappa shape index (κ1) is 15.2. The first-order valence-corrected chi connectivity index (χ1v) is 7.93. The Morgan fingerprint density at radius 3 is 2.27 bits per heavy atom. The van der Waals surface area contributed by atoms with Crippen molar-refractivity contribution < 1.29 is 4.79 Å². The maximum Gasteiger partial charge on any atom is 0.236 e. The Labute approximate surface area is 131 Å². The van der Waals surface area contributed by atoms with E-state index in [-0.39, 0.29) is 5.91 Å². The number of hydrogen-bond acceptors (Lipinski definition) is 6. The molecular weight excluding hydrogens is 280 g/mol. The largest absolute Gasteiger partial charge is 0.338 e. The zero-order valence-corrected chi connectivity index (χ0v) is 13.2. The van der Waals surface area contributed by atoms with Gasteiger partial charge in [-0.25, -0.2) is 9.97 Å². The third-order valence-corrected chi connectivity index (χ3v) is 4.42. The average Bonchev–Trinajstić information content (AvgIpc) is 2.58. The van der Waals surface area contributed by atoms with Gasteiger partial charge in [0.25, 0.3) is 0 Å². The Morgan fingerprint density at radius 1 is 1.00 bits per heavy atom. The Balaban J connectivity index is 1.46. The second kappa shape index (κ2) is 7.02. The van der Waals surface area contributed by atoms with Crippen molar-refractivity contribution in [2.75, 3.05) is 70.9 Å². The molecule has 0 aliphatic carbocycles. The van der Waals surface area contributed by atoms with Crippen LogP contribution in [-0.4, -0.2) is 96.5 Å². The van der Waals surface area contributed by atoms with E-state index in [9.17, 15) is 4.79 Å². The van der Waals surface area contributed by atoms with Crippen LogP contribution in [0.4, 0.5) is 5.95 Å². The zero-order valence-electron chi connectivity index (χ0n) is 13.2. The van der Waals surface area contributed by atoms with Gasteiger partial charge in [0.1, 0.15) is 0 Å². The summed E-state index contributed by atoms with van der Waals surface area (Å²) in [7, 11) is 2.13. The molecule has 0 saturated carbocycles. The van der Waals surface area contributed by atoms with Gasteiger partial charge < -0.3 is 14.7 Å². The quantitative estimate of drug-likeness (QED) is 0.741. The van der Waals surface area contributed by atoms with Crippen molar-refractivity contribution in [3.63, 3.8) is 0 Å². The van der Waals surface area contributed by atoms with Crippen LogP contribution in [0, 0.1) is 0 Å². The molecule has 3 heterocycles. The molecule has 0 aromatic carbocycles. The van der Waals surface area contributed by atoms with Crippen molar-refractivity contribution in [3.05, 3.63) is 18.5 Å². The molecular formula is C15H24N6O. The molecule has 1 amide bonds. The minimum atomic E-state index is 0.248. The summed E-state index contributed by atoms with van der Waals surface area (Å²) in [5.74, 6) is 1.01. The number of carbonyl (C=O) groups is 1. The smallest absolute Gasteiger partial charge is 0.236 e. The number of carbonyl (C=O) groups excluding carboxylic acids is 1. The van der Waals surface area contributed by atoms with Crippen molar-refractivity contribution in [2.24, 2.45) is 0 Å². The summed E-state index contributed by atoms with van der Waals surface area (Å²) in [6.07, 6.45) is 3.51. The molecule has 7 nitrogen and oxygen atoms in total. The van der Waals surface area contributed by atoms with Crippen LogP contribution in [0.3, 0.4) is 0 Å². The minimum absolute atomic E-state index is 0.248. The van der Waals surface area contributed by atoms with Crippen LogP contribution in [-0.2, 0) is 4.79 Å². The van der Waals surface area contributed by atoms with Crippen molar-refractivity contribution in [2.45, 2.75) is 0 Å². The van der Waals surface area contributed by atoms with E-state index in [1.165, 1.54) is 0 Å². The first-order valence-electron chi connectivity index (χ1n) is 7.93. The fourth-order valence-corrected chi connectivity index (χ4v) is 2.91. The van der Waals surface area contributed by atoms with Crippen LogP contribution < -0.4 is 4.90 Å². The Hall–Kier alpha value is -1.73. The van der Waals surface area contributed by atoms with Crippen molar-refractivity contribution in [3.8, 4) is 0 Å². The highest BCUT2D eigenvalue weighted by Gasteiger charge is 2.24. The minimum Gasteiger partial charge on any atom is -0.338 e. The van der Waals surface area contributed by atoms with Crippen LogP contribution in [0.5, 0.6) is 0 Å². The van der Waals surface area contributed by atoms with Gasteiger partial charge in [-0.2, -0.15) is 0 Å². The van der Waals surface area contributed by atoms with Crippen molar-refractivity contribution in [1.82, 2.24) is 24.7 Å². The van der Waals surface area contributed by atoms with Gasteiger partial charge in [0.15, 0.2) is 0 Å². The number of likely N-dealkylation sites (N-methyl/N-ethyl adjacent to an activating group) is 1. The summed E-state index contributed by atoms with van der Waals surface area (Å²) in [5, 5.41) is 0. The molecule has 2 fully saturated rings. The number of hydrogen-bond donors (Lipinski definition) is 0. The molecule has 0 bridgehead atoms. The van der Waals surface area contributed by atoms with Gasteiger partial charge in [-0.1, -0.05) is 0 Å². The van der Waals surface area contributed by atoms with E-state index < -0.39 is 0 Å². The third-order valence-electron chi connectivity index (χ3n) is 4.42. The van der Waals surface area contributed by atoms with E-state index in [1.807, 2.05) is 11.0 Å². The maximum atomic E-state index is 12.4. The van der Waals surface area contributed by atoms with E-state index in [4.69, 9.17) is 0 Å². The summed E-state index contributed by atoms with van der Waals surface area (Å²) >= 11 is 0. The molecule has 0 atom stereocenters. The monoisotopic (exact) mass is 304 g/mol. The highest BCUT2D eigenvalue weighted by atomic mass is 16.2. The Kier molecular flexibility index (Phi) is 4.84. The number of amides is 1. The lowest BCUT2D eigenvalue weighted by Crippen LogP contribution is -2.53. The Morgan fingerprint density at radius 2 is 1.64 bits per heavy atom. The fraction of sp³-hybridized carbons (Fsp3) is 0.667. The molecule has 0 radical (unpaired) electrons. The lowest BCUT2D eigenvalue weighted by Gasteiger charge is -2.37. The van der Waals surface area contributed by atoms with E-state index in [0.717, 1.165) is 58.3 Å². The average molecular weight is 304 g/mol. The first-order chi connectivity index (χ1) is 10.7. The van der Waals surface area contributed by atoms with Crippen LogP contribution in [0.15, 0.2) is 18.5 Å². The molecule has 2 saturated heterocycles. The van der Waals surface area contributed by atoms with E-state index in [2.05, 4.69) is 31.7 Å². The van der Waals surface area contributed by atoms with Gasteiger partial charge in [0, 0.05) is 64.8 Å². The molecule has 22 heavy (non-hydrogen) atoms. The molecule has 0 spiro atoms. The lowest BCUT2D eigenvalue weighted by atomic mass is 10.3. The summed E-state index contributed by atoms with van der Waals surface area (Å²) < 4.78 is 0. The zero-order chi connectivity index (χ0) is 15.4. The number of rotatable bonds is 3. The molecule has 0 unspecified atom stereocenters. The molecule has 7 heteroatoms. The summed E-state index contributed by atoms with van der Waals surface area (Å²) in [6, 6.07) is 1.82. The molecule has 1 aromatic rings. The second-order valence-corrected chi connectivity index (χ2v) is 6.00. The van der Waals surface area contributed by atoms with Gasteiger partial charge in [0.2, 0.25) is 11.9 Å². The second-order valence-electron chi connectivity index (χ2n) is 6.00. The van der Waals surface area contributed by atoms with Gasteiger partial charge >= 0.3 is 0 Å². The summed E-state index contributed by atoms with van der Waals surface area (Å²) in [4.78, 5) is 29.6. The molecule has 2 aliphatic rings. The number of aromatic nitrogens is 2. The lowest BCUT2D eigenvalue weighted by molar-refractivity contribution is -0.133. The molecule has 3 rings (SSSR count). The summed E-state index contributed by atoms with van der Waals surface area (Å²) in [6.45, 7) is 7.74. The van der Waals surface area contributed by atoms with Gasteiger partial charge in [-0.15, -0.1) is 0 Å². The molecule has 1 aromatic heterocycles. The molecule has 120 valence electrons. The van der Waals surface area contributed by atoms with Crippen LogP contribution >= 0.6 is 0 Å². The highest BCUT2D eigenvalue weighted by molar-refractivity contribution is 5.78. The van der Waals surface area contributed by atoms with Crippen LogP contribution in [0.1, 0.15) is 0 Å². The predicted octanol–water partition coefficient (Wildman–Crippen LogP) is -0.627. The maximum absolute atomic E-state index is 12.4. The SMILES string of the molecule is CN1CCN(CC(=O)N2CCN(c3ncccn3)CC2)CC1. The normalized spacial score (nSPS) is 21.1. The Bertz CT molecular complexity index is 480. The molecule has 2 aliphatic heterocycles. The summed E-state index contributed by atoms with van der Waals surface area (Å²) in [5.41, 5.74) is 0. The number of piperazine rings is 2. The number of nitrogens with zero attached hydrogens (tertiary/aromatic N) is 6. The standard InChI is InChI=1S/C15H24N6O/c1-18-5-7-19(8-6-18)13-14(22)20-9-11-21(12-10-20)15-16-3-2-4-17-15/h2-4H,5-13H2,1H3. The van der Waals surface area contributed by atoms with E-state index in [1.54, 1.807) is 12.4 Å². The van der Waals surface area contributed by atoms with E-state index in [0.29, 0.717) is 6.54 Å². The highest BCUT2D eigenvalue weighted by Crippen LogP contribution is 2.10. The fourth-order valence-electron chi connectivity index (χ4n) is 2.91. The van der Waals surface area contributed by atoms with Gasteiger partial charge in [-0.3, -0.25) is 9.69 Å². The predicted molar refractivity (Wildman–Crippen MR) is 84.8 cm³/mol. The van der Waals surface area contributed by atoms with Crippen molar-refractivity contribution >= 4 is 11.9 Å². The molecule has 0 N–H and O–H groups in total. The third kappa shape index (κ3) is 3.72. The van der Waals surface area contributed by atoms with Gasteiger partial charge in [-0.05, 0) is 13.1 Å². The van der Waals surface area contributed by atoms with Crippen molar-refractivity contribution in [1.29, 1.82) is 0 Å². The number of anilines is 1. The van der Waals surface area contributed by atoms with Crippen LogP contribution in [0.2, 0.25) is 0 Å². The van der Waals surface area contributed by atoms with Gasteiger partial charge in [0.05, 0.1) is 6.54 Å². The van der Waals surface area contributed by atoms with Crippen LogP contribution in [0.25, 0.3) is 0 Å². The van der Waals surface area contributed by atoms with E-state index >= 15 is 0 Å². The topological polar surface area (TPSA) is 55.8 Å².